The lowest BCUT2D eigenvalue weighted by Crippen LogP contribution is -2.42. The largest absolute Gasteiger partial charge is 0.494 e. The molecule has 4 aromatic rings. The van der Waals surface area contributed by atoms with Gasteiger partial charge in [-0.2, -0.15) is 9.13 Å². The van der Waals surface area contributed by atoms with Gasteiger partial charge < -0.3 is 9.31 Å². The Morgan fingerprint density at radius 2 is 1.32 bits per heavy atom. The lowest BCUT2D eigenvalue weighted by atomic mass is 9.77. The van der Waals surface area contributed by atoms with E-state index in [2.05, 4.69) is 128 Å². The van der Waals surface area contributed by atoms with Gasteiger partial charge in [-0.05, 0) is 63.0 Å². The predicted molar refractivity (Wildman–Crippen MR) is 143 cm³/mol. The molecule has 0 N–H and O–H groups in total. The molecular weight excluding hydrogens is 455 g/mol. The van der Waals surface area contributed by atoms with Gasteiger partial charge in [0.25, 0.3) is 0 Å². The Morgan fingerprint density at radius 1 is 0.676 bits per heavy atom. The van der Waals surface area contributed by atoms with Crippen LogP contribution in [0.25, 0.3) is 22.5 Å². The number of hydrogen-bond donors (Lipinski definition) is 0. The van der Waals surface area contributed by atoms with Crippen molar-refractivity contribution < 1.29 is 18.4 Å². The normalized spacial score (nSPS) is 27.1. The second kappa shape index (κ2) is 7.18. The number of pyridine rings is 2. The van der Waals surface area contributed by atoms with Gasteiger partial charge in [-0.1, -0.05) is 30.3 Å². The number of nitrogens with zero attached hydrogens (tertiary/aromatic N) is 2. The van der Waals surface area contributed by atoms with E-state index in [4.69, 9.17) is 9.31 Å². The van der Waals surface area contributed by atoms with Crippen molar-refractivity contribution in [1.29, 1.82) is 0 Å². The van der Waals surface area contributed by atoms with E-state index >= 15 is 0 Å². The van der Waals surface area contributed by atoms with E-state index in [0.29, 0.717) is 23.9 Å². The quantitative estimate of drug-likeness (QED) is 0.302. The Kier molecular flexibility index (Phi) is 4.23. The molecule has 8 rings (SSSR count). The van der Waals surface area contributed by atoms with E-state index in [0.717, 1.165) is 5.46 Å². The topological polar surface area (TPSA) is 26.2 Å². The zero-order valence-electron chi connectivity index (χ0n) is 21.8. The first-order valence-electron chi connectivity index (χ1n) is 13.5. The van der Waals surface area contributed by atoms with Crippen LogP contribution in [0.1, 0.15) is 56.8 Å². The van der Waals surface area contributed by atoms with Crippen molar-refractivity contribution in [2.75, 3.05) is 0 Å². The van der Waals surface area contributed by atoms with Gasteiger partial charge in [0, 0.05) is 35.4 Å². The minimum absolute atomic E-state index is 0.292. The minimum atomic E-state index is -0.357. The summed E-state index contributed by atoms with van der Waals surface area (Å²) in [5, 5.41) is 0. The van der Waals surface area contributed by atoms with E-state index in [1.54, 1.807) is 0 Å². The molecule has 0 spiro atoms. The summed E-state index contributed by atoms with van der Waals surface area (Å²) in [4.78, 5) is 0. The first-order chi connectivity index (χ1) is 17.9. The highest BCUT2D eigenvalue weighted by molar-refractivity contribution is 6.62. The highest BCUT2D eigenvalue weighted by Crippen LogP contribution is 2.65. The lowest BCUT2D eigenvalue weighted by Gasteiger charge is -2.32. The van der Waals surface area contributed by atoms with Crippen LogP contribution in [0, 0.1) is 5.92 Å². The zero-order valence-corrected chi connectivity index (χ0v) is 21.8. The maximum atomic E-state index is 6.41. The third kappa shape index (κ3) is 2.87. The summed E-state index contributed by atoms with van der Waals surface area (Å²) >= 11 is 0. The summed E-state index contributed by atoms with van der Waals surface area (Å²) in [6, 6.07) is 29.8. The molecule has 2 aromatic carbocycles. The highest BCUT2D eigenvalue weighted by Gasteiger charge is 2.70. The van der Waals surface area contributed by atoms with Gasteiger partial charge in [0.2, 0.25) is 11.4 Å². The van der Waals surface area contributed by atoms with Crippen molar-refractivity contribution in [3.05, 3.63) is 102 Å². The van der Waals surface area contributed by atoms with Crippen LogP contribution in [0.5, 0.6) is 0 Å². The fraction of sp³-hybridized carbons (Fsp3) is 0.312. The maximum Gasteiger partial charge on any atom is 0.494 e. The van der Waals surface area contributed by atoms with Crippen molar-refractivity contribution in [2.45, 2.75) is 56.9 Å². The molecule has 2 aromatic heterocycles. The summed E-state index contributed by atoms with van der Waals surface area (Å²) in [7, 11) is -0.357. The maximum absolute atomic E-state index is 6.41. The second-order valence-electron chi connectivity index (χ2n) is 12.0. The van der Waals surface area contributed by atoms with Gasteiger partial charge in [0.15, 0.2) is 24.5 Å². The van der Waals surface area contributed by atoms with E-state index in [-0.39, 0.29) is 18.3 Å². The van der Waals surface area contributed by atoms with Gasteiger partial charge in [-0.15, -0.1) is 0 Å². The molecule has 37 heavy (non-hydrogen) atoms. The first-order valence-corrected chi connectivity index (χ1v) is 13.5. The van der Waals surface area contributed by atoms with Crippen molar-refractivity contribution in [3.63, 3.8) is 0 Å². The molecule has 0 amide bonds. The average Bonchev–Trinajstić information content (AvgIpc) is 3.49. The molecule has 5 heterocycles. The molecule has 5 heteroatoms. The Labute approximate surface area is 218 Å². The fourth-order valence-corrected chi connectivity index (χ4v) is 7.06. The van der Waals surface area contributed by atoms with E-state index in [1.165, 1.54) is 33.6 Å². The fourth-order valence-electron chi connectivity index (χ4n) is 7.06. The Hall–Kier alpha value is -3.28. The number of aromatic nitrogens is 2. The lowest BCUT2D eigenvalue weighted by molar-refractivity contribution is -0.723. The van der Waals surface area contributed by atoms with Crippen LogP contribution in [0.15, 0.2) is 91.3 Å². The van der Waals surface area contributed by atoms with Crippen LogP contribution in [-0.4, -0.2) is 18.3 Å². The molecule has 1 saturated heterocycles. The standard InChI is InChI=1S/C32H31BN2O2/c1-31(2)32(3,4)37-33(36-31)20-15-16-23-24(19-20)26-14-8-9-17-34(26)29(23)28-27-22-12-6-5-11-21(22)25-13-7-10-18-35(25)30(27)28/h5-19,27-30H,1-4H3/q+2. The van der Waals surface area contributed by atoms with Gasteiger partial charge in [-0.25, -0.2) is 0 Å². The van der Waals surface area contributed by atoms with Crippen LogP contribution >= 0.6 is 0 Å². The third-order valence-electron chi connectivity index (χ3n) is 9.59. The molecule has 1 saturated carbocycles. The summed E-state index contributed by atoms with van der Waals surface area (Å²) in [5.41, 5.74) is 8.55. The molecule has 0 bridgehead atoms. The molecule has 182 valence electrons. The minimum Gasteiger partial charge on any atom is -0.399 e. The summed E-state index contributed by atoms with van der Waals surface area (Å²) in [6.45, 7) is 8.46. The van der Waals surface area contributed by atoms with E-state index < -0.39 is 0 Å². The molecule has 2 fully saturated rings. The molecule has 0 radical (unpaired) electrons. The predicted octanol–water partition coefficient (Wildman–Crippen LogP) is 4.77. The summed E-state index contributed by atoms with van der Waals surface area (Å²) in [5.74, 6) is 1.00. The van der Waals surface area contributed by atoms with Crippen molar-refractivity contribution >= 4 is 12.6 Å². The van der Waals surface area contributed by atoms with Crippen molar-refractivity contribution in [1.82, 2.24) is 0 Å². The second-order valence-corrected chi connectivity index (χ2v) is 12.0. The van der Waals surface area contributed by atoms with Gasteiger partial charge in [0.05, 0.1) is 22.7 Å². The first kappa shape index (κ1) is 21.8. The van der Waals surface area contributed by atoms with Crippen LogP contribution in [0.2, 0.25) is 0 Å². The van der Waals surface area contributed by atoms with Crippen molar-refractivity contribution in [3.8, 4) is 22.5 Å². The van der Waals surface area contributed by atoms with Crippen LogP contribution in [0.3, 0.4) is 0 Å². The number of benzene rings is 2. The third-order valence-corrected chi connectivity index (χ3v) is 9.59. The van der Waals surface area contributed by atoms with Crippen LogP contribution in [0.4, 0.5) is 0 Å². The number of fused-ring (bicyclic) bond motifs is 9. The van der Waals surface area contributed by atoms with Crippen molar-refractivity contribution in [2.24, 2.45) is 5.92 Å². The van der Waals surface area contributed by atoms with E-state index in [1.807, 2.05) is 0 Å². The van der Waals surface area contributed by atoms with Gasteiger partial charge >= 0.3 is 7.12 Å². The Morgan fingerprint density at radius 3 is 2.08 bits per heavy atom. The number of rotatable bonds is 2. The molecule has 3 aliphatic heterocycles. The molecule has 4 atom stereocenters. The molecule has 4 aliphatic rings. The smallest absolute Gasteiger partial charge is 0.399 e. The van der Waals surface area contributed by atoms with Crippen LogP contribution < -0.4 is 14.6 Å². The summed E-state index contributed by atoms with van der Waals surface area (Å²) in [6.07, 6.45) is 4.54. The van der Waals surface area contributed by atoms with Gasteiger partial charge in [-0.3, -0.25) is 0 Å². The highest BCUT2D eigenvalue weighted by atomic mass is 16.7. The van der Waals surface area contributed by atoms with Crippen LogP contribution in [-0.2, 0) is 9.31 Å². The monoisotopic (exact) mass is 486 g/mol. The SMILES string of the molecule is CC1(C)OB(c2ccc3c(c2)-c2cccc[n+]2C3C2C3c4ccccc4-c4cccc[n+]4C32)OC1(C)C. The van der Waals surface area contributed by atoms with E-state index in [9.17, 15) is 0 Å². The molecule has 4 unspecified atom stereocenters. The molecule has 4 nitrogen and oxygen atoms in total. The average molecular weight is 486 g/mol. The Balaban J connectivity index is 1.24. The Bertz CT molecular complexity index is 1530. The summed E-state index contributed by atoms with van der Waals surface area (Å²) < 4.78 is 17.8. The molecular formula is C32H31BN2O2+2. The zero-order chi connectivity index (χ0) is 25.1. The molecule has 1 aliphatic carbocycles. The van der Waals surface area contributed by atoms with Gasteiger partial charge in [0.1, 0.15) is 5.92 Å². The number of hydrogen-bond acceptors (Lipinski definition) is 2.